The maximum absolute atomic E-state index is 12.9. The number of nitrogens with one attached hydrogen (secondary N) is 1. The van der Waals surface area contributed by atoms with E-state index < -0.39 is 17.7 Å². The van der Waals surface area contributed by atoms with Crippen LogP contribution in [0.1, 0.15) is 18.6 Å². The SMILES string of the molecule is CC#CCNCC(O)c1ccc(F)c(F)c1. The summed E-state index contributed by atoms with van der Waals surface area (Å²) in [6.45, 7) is 2.42. The molecule has 0 aromatic heterocycles. The summed E-state index contributed by atoms with van der Waals surface area (Å²) in [5.74, 6) is 3.59. The molecule has 4 heteroatoms. The molecule has 0 saturated heterocycles. The number of hydrogen-bond donors (Lipinski definition) is 2. The minimum Gasteiger partial charge on any atom is -0.387 e. The summed E-state index contributed by atoms with van der Waals surface area (Å²) < 4.78 is 25.5. The van der Waals surface area contributed by atoms with Gasteiger partial charge in [0.2, 0.25) is 0 Å². The van der Waals surface area contributed by atoms with Crippen LogP contribution in [0.15, 0.2) is 18.2 Å². The molecule has 86 valence electrons. The number of aliphatic hydroxyl groups excluding tert-OH is 1. The van der Waals surface area contributed by atoms with Crippen LogP contribution in [0.25, 0.3) is 0 Å². The first-order valence-electron chi connectivity index (χ1n) is 4.88. The van der Waals surface area contributed by atoms with E-state index in [4.69, 9.17) is 0 Å². The fourth-order valence-electron chi connectivity index (χ4n) is 1.20. The summed E-state index contributed by atoms with van der Waals surface area (Å²) in [5, 5.41) is 12.5. The van der Waals surface area contributed by atoms with E-state index in [1.165, 1.54) is 6.07 Å². The Bertz CT molecular complexity index is 409. The van der Waals surface area contributed by atoms with E-state index >= 15 is 0 Å². The van der Waals surface area contributed by atoms with Crippen LogP contribution in [0, 0.1) is 23.5 Å². The molecule has 1 unspecified atom stereocenters. The minimum absolute atomic E-state index is 0.250. The third-order valence-electron chi connectivity index (χ3n) is 2.06. The fraction of sp³-hybridized carbons (Fsp3) is 0.333. The van der Waals surface area contributed by atoms with Crippen molar-refractivity contribution in [2.24, 2.45) is 0 Å². The van der Waals surface area contributed by atoms with Crippen molar-refractivity contribution in [2.75, 3.05) is 13.1 Å². The molecule has 0 aliphatic carbocycles. The normalized spacial score (nSPS) is 11.8. The summed E-state index contributed by atoms with van der Waals surface area (Å²) in [6, 6.07) is 3.35. The Morgan fingerprint density at radius 1 is 1.38 bits per heavy atom. The monoisotopic (exact) mass is 225 g/mol. The molecule has 2 N–H and O–H groups in total. The van der Waals surface area contributed by atoms with E-state index in [1.807, 2.05) is 0 Å². The topological polar surface area (TPSA) is 32.3 Å². The maximum Gasteiger partial charge on any atom is 0.159 e. The molecule has 0 aliphatic rings. The van der Waals surface area contributed by atoms with Gasteiger partial charge in [-0.15, -0.1) is 5.92 Å². The zero-order chi connectivity index (χ0) is 12.0. The molecule has 0 spiro atoms. The number of hydrogen-bond acceptors (Lipinski definition) is 2. The standard InChI is InChI=1S/C12H13F2NO/c1-2-3-6-15-8-12(16)9-4-5-10(13)11(14)7-9/h4-5,7,12,15-16H,6,8H2,1H3. The Morgan fingerprint density at radius 2 is 2.12 bits per heavy atom. The molecule has 2 nitrogen and oxygen atoms in total. The highest BCUT2D eigenvalue weighted by molar-refractivity contribution is 5.20. The van der Waals surface area contributed by atoms with Gasteiger partial charge in [0.25, 0.3) is 0 Å². The van der Waals surface area contributed by atoms with E-state index in [1.54, 1.807) is 6.92 Å². The lowest BCUT2D eigenvalue weighted by Gasteiger charge is -2.11. The molecule has 0 aliphatic heterocycles. The minimum atomic E-state index is -0.954. The lowest BCUT2D eigenvalue weighted by atomic mass is 10.1. The number of rotatable bonds is 4. The van der Waals surface area contributed by atoms with Gasteiger partial charge >= 0.3 is 0 Å². The zero-order valence-electron chi connectivity index (χ0n) is 8.93. The van der Waals surface area contributed by atoms with E-state index in [9.17, 15) is 13.9 Å². The second kappa shape index (κ2) is 6.21. The average Bonchev–Trinajstić information content (AvgIpc) is 2.28. The Labute approximate surface area is 93.3 Å². The van der Waals surface area contributed by atoms with Gasteiger partial charge in [-0.3, -0.25) is 0 Å². The first-order valence-corrected chi connectivity index (χ1v) is 4.88. The highest BCUT2D eigenvalue weighted by atomic mass is 19.2. The van der Waals surface area contributed by atoms with Gasteiger partial charge in [0.15, 0.2) is 11.6 Å². The second-order valence-corrected chi connectivity index (χ2v) is 3.25. The largest absolute Gasteiger partial charge is 0.387 e. The molecule has 0 amide bonds. The average molecular weight is 225 g/mol. The van der Waals surface area contributed by atoms with Crippen LogP contribution in [0.3, 0.4) is 0 Å². The van der Waals surface area contributed by atoms with Gasteiger partial charge in [-0.1, -0.05) is 12.0 Å². The zero-order valence-corrected chi connectivity index (χ0v) is 8.93. The van der Waals surface area contributed by atoms with E-state index in [-0.39, 0.29) is 6.54 Å². The van der Waals surface area contributed by atoms with Crippen molar-refractivity contribution in [2.45, 2.75) is 13.0 Å². The van der Waals surface area contributed by atoms with Gasteiger partial charge in [0.05, 0.1) is 12.6 Å². The molecular formula is C12H13F2NO. The molecule has 0 radical (unpaired) electrons. The molecule has 16 heavy (non-hydrogen) atoms. The molecule has 0 bridgehead atoms. The van der Waals surface area contributed by atoms with Crippen molar-refractivity contribution in [1.82, 2.24) is 5.32 Å². The van der Waals surface area contributed by atoms with Crippen LogP contribution in [0.4, 0.5) is 8.78 Å². The quantitative estimate of drug-likeness (QED) is 0.602. The molecule has 1 rings (SSSR count). The number of halogens is 2. The Morgan fingerprint density at radius 3 is 2.75 bits per heavy atom. The number of benzene rings is 1. The predicted molar refractivity (Wildman–Crippen MR) is 57.6 cm³/mol. The summed E-state index contributed by atoms with van der Waals surface area (Å²) in [4.78, 5) is 0. The third kappa shape index (κ3) is 3.61. The summed E-state index contributed by atoms with van der Waals surface area (Å²) >= 11 is 0. The smallest absolute Gasteiger partial charge is 0.159 e. The number of aliphatic hydroxyl groups is 1. The van der Waals surface area contributed by atoms with Crippen LogP contribution in [-0.4, -0.2) is 18.2 Å². The highest BCUT2D eigenvalue weighted by Gasteiger charge is 2.09. The van der Waals surface area contributed by atoms with Crippen LogP contribution in [0.2, 0.25) is 0 Å². The van der Waals surface area contributed by atoms with Crippen molar-refractivity contribution in [3.8, 4) is 11.8 Å². The molecule has 1 atom stereocenters. The predicted octanol–water partition coefficient (Wildman–Crippen LogP) is 1.61. The van der Waals surface area contributed by atoms with Gasteiger partial charge in [-0.05, 0) is 24.6 Å². The van der Waals surface area contributed by atoms with Crippen molar-refractivity contribution in [3.05, 3.63) is 35.4 Å². The molecular weight excluding hydrogens is 212 g/mol. The van der Waals surface area contributed by atoms with Gasteiger partial charge in [-0.25, -0.2) is 8.78 Å². The first kappa shape index (κ1) is 12.6. The Balaban J connectivity index is 2.54. The van der Waals surface area contributed by atoms with Gasteiger partial charge in [0.1, 0.15) is 0 Å². The second-order valence-electron chi connectivity index (χ2n) is 3.25. The highest BCUT2D eigenvalue weighted by Crippen LogP contribution is 2.15. The van der Waals surface area contributed by atoms with E-state index in [0.29, 0.717) is 12.1 Å². The molecule has 0 fully saturated rings. The Hall–Kier alpha value is -1.44. The van der Waals surface area contributed by atoms with Crippen LogP contribution < -0.4 is 5.32 Å². The first-order chi connectivity index (χ1) is 7.65. The van der Waals surface area contributed by atoms with Crippen LogP contribution in [0.5, 0.6) is 0 Å². The Kier molecular flexibility index (Phi) is 4.90. The van der Waals surface area contributed by atoms with Gasteiger partial charge in [-0.2, -0.15) is 0 Å². The van der Waals surface area contributed by atoms with Gasteiger partial charge in [0, 0.05) is 6.54 Å². The summed E-state index contributed by atoms with van der Waals surface area (Å²) in [5.41, 5.74) is 0.343. The summed E-state index contributed by atoms with van der Waals surface area (Å²) in [7, 11) is 0. The van der Waals surface area contributed by atoms with Gasteiger partial charge < -0.3 is 10.4 Å². The maximum atomic E-state index is 12.9. The van der Waals surface area contributed by atoms with Crippen molar-refractivity contribution >= 4 is 0 Å². The lowest BCUT2D eigenvalue weighted by molar-refractivity contribution is 0.176. The molecule has 1 aromatic carbocycles. The van der Waals surface area contributed by atoms with Crippen molar-refractivity contribution in [1.29, 1.82) is 0 Å². The van der Waals surface area contributed by atoms with Crippen molar-refractivity contribution in [3.63, 3.8) is 0 Å². The van der Waals surface area contributed by atoms with Crippen LogP contribution in [-0.2, 0) is 0 Å². The molecule has 0 heterocycles. The van der Waals surface area contributed by atoms with Crippen LogP contribution >= 0.6 is 0 Å². The molecule has 0 saturated carbocycles. The van der Waals surface area contributed by atoms with Crippen molar-refractivity contribution < 1.29 is 13.9 Å². The molecule has 1 aromatic rings. The summed E-state index contributed by atoms with van der Waals surface area (Å²) in [6.07, 6.45) is -0.867. The third-order valence-corrected chi connectivity index (χ3v) is 2.06. The lowest BCUT2D eigenvalue weighted by Crippen LogP contribution is -2.21. The van der Waals surface area contributed by atoms with E-state index in [0.717, 1.165) is 12.1 Å². The van der Waals surface area contributed by atoms with E-state index in [2.05, 4.69) is 17.2 Å². The fourth-order valence-corrected chi connectivity index (χ4v) is 1.20.